The molecule has 2 aromatic rings. The lowest BCUT2D eigenvalue weighted by Gasteiger charge is -2.07. The Morgan fingerprint density at radius 1 is 1.15 bits per heavy atom. The third-order valence-corrected chi connectivity index (χ3v) is 5.27. The van der Waals surface area contributed by atoms with Gasteiger partial charge < -0.3 is 5.32 Å². The van der Waals surface area contributed by atoms with Gasteiger partial charge in [-0.3, -0.25) is 0 Å². The van der Waals surface area contributed by atoms with E-state index in [1.807, 2.05) is 17.8 Å². The molecule has 1 heterocycles. The molecule has 2 rings (SSSR count). The SMILES string of the molecule is CC(C)c1ccc(SCCNCc2ccc(Cl)s2)cc1. The van der Waals surface area contributed by atoms with Gasteiger partial charge in [0, 0.05) is 28.6 Å². The van der Waals surface area contributed by atoms with Gasteiger partial charge in [-0.1, -0.05) is 37.6 Å². The maximum absolute atomic E-state index is 5.90. The summed E-state index contributed by atoms with van der Waals surface area (Å²) in [6.07, 6.45) is 0. The van der Waals surface area contributed by atoms with Crippen LogP contribution in [0.15, 0.2) is 41.3 Å². The van der Waals surface area contributed by atoms with Gasteiger partial charge in [-0.25, -0.2) is 0 Å². The van der Waals surface area contributed by atoms with Crippen LogP contribution >= 0.6 is 34.7 Å². The molecule has 108 valence electrons. The summed E-state index contributed by atoms with van der Waals surface area (Å²) < 4.78 is 0.862. The third kappa shape index (κ3) is 5.13. The molecule has 1 aromatic heterocycles. The second-order valence-electron chi connectivity index (χ2n) is 4.95. The molecule has 1 aromatic carbocycles. The Kier molecular flexibility index (Phi) is 6.43. The highest BCUT2D eigenvalue weighted by Crippen LogP contribution is 2.22. The fourth-order valence-corrected chi connectivity index (χ4v) is 3.72. The van der Waals surface area contributed by atoms with Crippen LogP contribution < -0.4 is 5.32 Å². The second-order valence-corrected chi connectivity index (χ2v) is 7.92. The maximum atomic E-state index is 5.90. The van der Waals surface area contributed by atoms with Crippen LogP contribution in [-0.4, -0.2) is 12.3 Å². The molecule has 0 unspecified atom stereocenters. The summed E-state index contributed by atoms with van der Waals surface area (Å²) in [5.74, 6) is 1.69. The molecular weight excluding hydrogens is 306 g/mol. The van der Waals surface area contributed by atoms with Gasteiger partial charge in [0.15, 0.2) is 0 Å². The van der Waals surface area contributed by atoms with Crippen molar-refractivity contribution < 1.29 is 0 Å². The molecule has 0 bridgehead atoms. The van der Waals surface area contributed by atoms with Crippen molar-refractivity contribution in [3.8, 4) is 0 Å². The Morgan fingerprint density at radius 2 is 1.90 bits per heavy atom. The highest BCUT2D eigenvalue weighted by molar-refractivity contribution is 7.99. The van der Waals surface area contributed by atoms with Crippen LogP contribution in [0.1, 0.15) is 30.2 Å². The van der Waals surface area contributed by atoms with Crippen LogP contribution in [0.4, 0.5) is 0 Å². The summed E-state index contributed by atoms with van der Waals surface area (Å²) in [5.41, 5.74) is 1.40. The average molecular weight is 326 g/mol. The summed E-state index contributed by atoms with van der Waals surface area (Å²) in [7, 11) is 0. The molecule has 0 aliphatic heterocycles. The van der Waals surface area contributed by atoms with E-state index < -0.39 is 0 Å². The van der Waals surface area contributed by atoms with Gasteiger partial charge in [-0.2, -0.15) is 0 Å². The lowest BCUT2D eigenvalue weighted by molar-refractivity contribution is 0.741. The van der Waals surface area contributed by atoms with E-state index in [0.29, 0.717) is 5.92 Å². The number of thiophene rings is 1. The summed E-state index contributed by atoms with van der Waals surface area (Å²) in [6.45, 7) is 6.36. The van der Waals surface area contributed by atoms with Gasteiger partial charge in [-0.05, 0) is 35.7 Å². The van der Waals surface area contributed by atoms with Gasteiger partial charge in [0.2, 0.25) is 0 Å². The number of rotatable bonds is 7. The fourth-order valence-electron chi connectivity index (χ4n) is 1.85. The lowest BCUT2D eigenvalue weighted by Crippen LogP contribution is -2.15. The van der Waals surface area contributed by atoms with Crippen LogP contribution in [0.5, 0.6) is 0 Å². The topological polar surface area (TPSA) is 12.0 Å². The molecule has 20 heavy (non-hydrogen) atoms. The van der Waals surface area contributed by atoms with Crippen molar-refractivity contribution in [3.05, 3.63) is 51.2 Å². The summed E-state index contributed by atoms with van der Waals surface area (Å²) in [5, 5.41) is 3.45. The normalized spacial score (nSPS) is 11.2. The monoisotopic (exact) mass is 325 g/mol. The first-order valence-corrected chi connectivity index (χ1v) is 9.01. The first-order valence-electron chi connectivity index (χ1n) is 6.83. The number of halogens is 1. The summed E-state index contributed by atoms with van der Waals surface area (Å²) in [4.78, 5) is 2.64. The largest absolute Gasteiger partial charge is 0.311 e. The van der Waals surface area contributed by atoms with Crippen molar-refractivity contribution in [2.75, 3.05) is 12.3 Å². The molecule has 0 fully saturated rings. The zero-order valence-electron chi connectivity index (χ0n) is 11.9. The Hall–Kier alpha value is -0.480. The van der Waals surface area contributed by atoms with E-state index in [0.717, 1.165) is 23.2 Å². The zero-order chi connectivity index (χ0) is 14.4. The average Bonchev–Trinajstić information content (AvgIpc) is 2.84. The molecule has 0 atom stereocenters. The minimum absolute atomic E-state index is 0.605. The summed E-state index contributed by atoms with van der Waals surface area (Å²) >= 11 is 9.44. The van der Waals surface area contributed by atoms with Crippen molar-refractivity contribution in [1.82, 2.24) is 5.32 Å². The van der Waals surface area contributed by atoms with E-state index >= 15 is 0 Å². The minimum Gasteiger partial charge on any atom is -0.311 e. The molecule has 0 aliphatic rings. The molecule has 0 radical (unpaired) electrons. The summed E-state index contributed by atoms with van der Waals surface area (Å²) in [6, 6.07) is 12.9. The highest BCUT2D eigenvalue weighted by atomic mass is 35.5. The first kappa shape index (κ1) is 15.9. The smallest absolute Gasteiger partial charge is 0.0931 e. The standard InChI is InChI=1S/C16H20ClNS2/c1-12(2)13-3-5-14(6-4-13)19-10-9-18-11-15-7-8-16(17)20-15/h3-8,12,18H,9-11H2,1-2H3. The van der Waals surface area contributed by atoms with Crippen LogP contribution in [0.3, 0.4) is 0 Å². The molecule has 1 N–H and O–H groups in total. The van der Waals surface area contributed by atoms with Gasteiger partial charge in [-0.15, -0.1) is 23.1 Å². The molecular formula is C16H20ClNS2. The predicted molar refractivity (Wildman–Crippen MR) is 92.3 cm³/mol. The molecule has 4 heteroatoms. The van der Waals surface area contributed by atoms with E-state index in [4.69, 9.17) is 11.6 Å². The molecule has 1 nitrogen and oxygen atoms in total. The van der Waals surface area contributed by atoms with Crippen molar-refractivity contribution in [3.63, 3.8) is 0 Å². The molecule has 0 aliphatic carbocycles. The fraction of sp³-hybridized carbons (Fsp3) is 0.375. The van der Waals surface area contributed by atoms with Crippen molar-refractivity contribution in [2.24, 2.45) is 0 Å². The quantitative estimate of drug-likeness (QED) is 0.540. The lowest BCUT2D eigenvalue weighted by atomic mass is 10.0. The molecule has 0 saturated heterocycles. The Balaban J connectivity index is 1.65. The maximum Gasteiger partial charge on any atom is 0.0931 e. The van der Waals surface area contributed by atoms with E-state index in [2.05, 4.69) is 49.5 Å². The highest BCUT2D eigenvalue weighted by Gasteiger charge is 2.00. The number of thioether (sulfide) groups is 1. The van der Waals surface area contributed by atoms with Crippen LogP contribution in [0.25, 0.3) is 0 Å². The molecule has 0 spiro atoms. The third-order valence-electron chi connectivity index (χ3n) is 3.02. The number of hydrogen-bond acceptors (Lipinski definition) is 3. The molecule has 0 saturated carbocycles. The number of benzene rings is 1. The van der Waals surface area contributed by atoms with Crippen LogP contribution in [0.2, 0.25) is 4.34 Å². The van der Waals surface area contributed by atoms with Crippen LogP contribution in [0, 0.1) is 0 Å². The van der Waals surface area contributed by atoms with Gasteiger partial charge in [0.05, 0.1) is 4.34 Å². The zero-order valence-corrected chi connectivity index (χ0v) is 14.2. The number of nitrogens with one attached hydrogen (secondary N) is 1. The van der Waals surface area contributed by atoms with E-state index in [9.17, 15) is 0 Å². The van der Waals surface area contributed by atoms with E-state index in [1.165, 1.54) is 15.3 Å². The molecule has 0 amide bonds. The first-order chi connectivity index (χ1) is 9.65. The van der Waals surface area contributed by atoms with Gasteiger partial charge >= 0.3 is 0 Å². The second kappa shape index (κ2) is 8.08. The van der Waals surface area contributed by atoms with E-state index in [-0.39, 0.29) is 0 Å². The van der Waals surface area contributed by atoms with Gasteiger partial charge in [0.1, 0.15) is 0 Å². The Morgan fingerprint density at radius 3 is 2.50 bits per heavy atom. The number of hydrogen-bond donors (Lipinski definition) is 1. The minimum atomic E-state index is 0.605. The van der Waals surface area contributed by atoms with E-state index in [1.54, 1.807) is 11.3 Å². The predicted octanol–water partition coefficient (Wildman–Crippen LogP) is 5.41. The van der Waals surface area contributed by atoms with Crippen molar-refractivity contribution >= 4 is 34.7 Å². The van der Waals surface area contributed by atoms with Gasteiger partial charge in [0.25, 0.3) is 0 Å². The van der Waals surface area contributed by atoms with Crippen molar-refractivity contribution in [1.29, 1.82) is 0 Å². The van der Waals surface area contributed by atoms with Crippen LogP contribution in [-0.2, 0) is 6.54 Å². The van der Waals surface area contributed by atoms with Crippen molar-refractivity contribution in [2.45, 2.75) is 31.2 Å². The Bertz CT molecular complexity index is 520. The Labute approximate surface area is 134 Å².